The van der Waals surface area contributed by atoms with E-state index >= 15 is 0 Å². The third kappa shape index (κ3) is 2.60. The van der Waals surface area contributed by atoms with Crippen LogP contribution >= 0.6 is 11.6 Å². The molecule has 1 spiro atoms. The number of anilines is 1. The molecule has 7 nitrogen and oxygen atoms in total. The van der Waals surface area contributed by atoms with Gasteiger partial charge in [-0.2, -0.15) is 5.26 Å². The molecule has 32 heavy (non-hydrogen) atoms. The van der Waals surface area contributed by atoms with Crippen LogP contribution in [0.1, 0.15) is 35.7 Å². The molecule has 0 saturated heterocycles. The molecule has 8 heteroatoms. The van der Waals surface area contributed by atoms with E-state index in [1.165, 1.54) is 0 Å². The van der Waals surface area contributed by atoms with Gasteiger partial charge in [-0.15, -0.1) is 5.10 Å². The first-order chi connectivity index (χ1) is 15.5. The average Bonchev–Trinajstić information content (AvgIpc) is 3.29. The number of nitrogens with one attached hydrogen (secondary N) is 1. The molecule has 0 unspecified atom stereocenters. The molecule has 3 aromatic rings. The highest BCUT2D eigenvalue weighted by atomic mass is 35.5. The van der Waals surface area contributed by atoms with Crippen molar-refractivity contribution in [2.24, 2.45) is 5.73 Å². The van der Waals surface area contributed by atoms with Crippen molar-refractivity contribution in [2.75, 3.05) is 4.90 Å². The van der Waals surface area contributed by atoms with Crippen LogP contribution in [0.2, 0.25) is 5.02 Å². The van der Waals surface area contributed by atoms with Gasteiger partial charge < -0.3 is 15.4 Å². The highest BCUT2D eigenvalue weighted by Gasteiger charge is 2.60. The normalized spacial score (nSPS) is 19.0. The number of nitrogens with two attached hydrogens (primary N) is 1. The van der Waals surface area contributed by atoms with Crippen LogP contribution in [0.4, 0.5) is 5.69 Å². The van der Waals surface area contributed by atoms with Crippen molar-refractivity contribution in [3.63, 3.8) is 0 Å². The monoisotopic (exact) mass is 445 g/mol. The summed E-state index contributed by atoms with van der Waals surface area (Å²) in [4.78, 5) is 16.0. The minimum atomic E-state index is -1.43. The van der Waals surface area contributed by atoms with Crippen molar-refractivity contribution in [3.8, 4) is 11.9 Å². The van der Waals surface area contributed by atoms with Crippen LogP contribution in [-0.4, -0.2) is 16.1 Å². The third-order valence-corrected chi connectivity index (χ3v) is 6.44. The Balaban J connectivity index is 1.79. The summed E-state index contributed by atoms with van der Waals surface area (Å²) in [6.45, 7) is 2.29. The number of carbonyl (C=O) groups excluding carboxylic acids is 1. The molecule has 160 valence electrons. The number of nitrogens with zero attached hydrogens (tertiary/aromatic N) is 3. The summed E-state index contributed by atoms with van der Waals surface area (Å²) < 4.78 is 5.69. The van der Waals surface area contributed by atoms with Gasteiger partial charge in [0.25, 0.3) is 0 Å². The zero-order chi connectivity index (χ0) is 22.5. The summed E-state index contributed by atoms with van der Waals surface area (Å²) in [6.07, 6.45) is 1.47. The topological polar surface area (TPSA) is 108 Å². The highest BCUT2D eigenvalue weighted by molar-refractivity contribution is 6.31. The average molecular weight is 446 g/mol. The van der Waals surface area contributed by atoms with Crippen LogP contribution in [0, 0.1) is 11.3 Å². The largest absolute Gasteiger partial charge is 0.420 e. The first-order valence-electron chi connectivity index (χ1n) is 10.3. The van der Waals surface area contributed by atoms with E-state index in [0.717, 1.165) is 17.7 Å². The van der Waals surface area contributed by atoms with E-state index in [1.807, 2.05) is 49.4 Å². The molecule has 2 aromatic carbocycles. The van der Waals surface area contributed by atoms with E-state index in [1.54, 1.807) is 11.0 Å². The van der Waals surface area contributed by atoms with Crippen molar-refractivity contribution in [1.29, 1.82) is 5.26 Å². The fourth-order valence-electron chi connectivity index (χ4n) is 4.74. The van der Waals surface area contributed by atoms with Gasteiger partial charge in [-0.05, 0) is 24.1 Å². The van der Waals surface area contributed by atoms with Crippen molar-refractivity contribution in [1.82, 2.24) is 10.2 Å². The van der Waals surface area contributed by atoms with Gasteiger partial charge in [0.1, 0.15) is 17.1 Å². The van der Waals surface area contributed by atoms with Crippen LogP contribution in [0.25, 0.3) is 0 Å². The second kappa shape index (κ2) is 7.43. The maximum atomic E-state index is 14.3. The molecule has 1 atom stereocenters. The first-order valence-corrected chi connectivity index (χ1v) is 10.7. The Kier molecular flexibility index (Phi) is 4.68. The summed E-state index contributed by atoms with van der Waals surface area (Å²) in [5.74, 6) is -0.161. The van der Waals surface area contributed by atoms with Gasteiger partial charge in [-0.1, -0.05) is 61.3 Å². The van der Waals surface area contributed by atoms with Crippen molar-refractivity contribution >= 4 is 23.2 Å². The molecule has 3 N–H and O–H groups in total. The lowest BCUT2D eigenvalue weighted by Gasteiger charge is -2.33. The molecule has 1 amide bonds. The van der Waals surface area contributed by atoms with Crippen LogP contribution in [0.3, 0.4) is 0 Å². The van der Waals surface area contributed by atoms with E-state index in [2.05, 4.69) is 16.3 Å². The van der Waals surface area contributed by atoms with Crippen molar-refractivity contribution in [2.45, 2.75) is 31.7 Å². The summed E-state index contributed by atoms with van der Waals surface area (Å²) in [7, 11) is 0. The number of fused-ring (bicyclic) bond motifs is 4. The van der Waals surface area contributed by atoms with E-state index in [-0.39, 0.29) is 29.8 Å². The zero-order valence-corrected chi connectivity index (χ0v) is 18.1. The standard InChI is InChI=1S/C24H20ClN5O2/c1-2-7-18-20-22(29-28-18)32-21(27)16(12-26)24(20)15-9-4-6-11-19(15)30(23(24)31)13-14-8-3-5-10-17(14)25/h3-6,8-11H,2,7,13,27H2,1H3,(H,28,29)/t24-/m1/s1. The Morgan fingerprint density at radius 1 is 1.25 bits per heavy atom. The molecule has 1 aromatic heterocycles. The molecule has 0 aliphatic carbocycles. The molecule has 2 aliphatic heterocycles. The number of amides is 1. The number of benzene rings is 2. The van der Waals surface area contributed by atoms with Crippen molar-refractivity contribution < 1.29 is 9.53 Å². The Morgan fingerprint density at radius 2 is 2.00 bits per heavy atom. The number of carbonyl (C=O) groups is 1. The number of halogens is 1. The van der Waals surface area contributed by atoms with E-state index in [4.69, 9.17) is 22.1 Å². The van der Waals surface area contributed by atoms with E-state index in [9.17, 15) is 10.1 Å². The number of H-pyrrole nitrogens is 1. The predicted octanol–water partition coefficient (Wildman–Crippen LogP) is 3.93. The second-order valence-electron chi connectivity index (χ2n) is 7.84. The Hall–Kier alpha value is -3.76. The highest BCUT2D eigenvalue weighted by Crippen LogP contribution is 2.56. The van der Waals surface area contributed by atoms with Gasteiger partial charge >= 0.3 is 0 Å². The van der Waals surface area contributed by atoms with Gasteiger partial charge in [0.15, 0.2) is 0 Å². The Labute approximate surface area is 190 Å². The number of para-hydroxylation sites is 1. The molecular weight excluding hydrogens is 426 g/mol. The van der Waals surface area contributed by atoms with E-state index in [0.29, 0.717) is 28.3 Å². The zero-order valence-electron chi connectivity index (χ0n) is 17.4. The molecule has 0 radical (unpaired) electrons. The fourth-order valence-corrected chi connectivity index (χ4v) is 4.94. The number of aryl methyl sites for hydroxylation is 1. The lowest BCUT2D eigenvalue weighted by Crippen LogP contribution is -2.46. The fraction of sp³-hybridized carbons (Fsp3) is 0.208. The molecule has 3 heterocycles. The lowest BCUT2D eigenvalue weighted by atomic mass is 9.68. The van der Waals surface area contributed by atoms with Crippen LogP contribution in [0.15, 0.2) is 60.0 Å². The minimum Gasteiger partial charge on any atom is -0.420 e. The first kappa shape index (κ1) is 20.2. The molecule has 0 fully saturated rings. The van der Waals surface area contributed by atoms with Crippen LogP contribution in [0.5, 0.6) is 5.88 Å². The van der Waals surface area contributed by atoms with Crippen molar-refractivity contribution in [3.05, 3.63) is 87.4 Å². The van der Waals surface area contributed by atoms with Gasteiger partial charge in [0.05, 0.1) is 12.1 Å². The lowest BCUT2D eigenvalue weighted by molar-refractivity contribution is -0.121. The number of ether oxygens (including phenoxy) is 1. The van der Waals surface area contributed by atoms with Gasteiger partial charge in [-0.25, -0.2) is 0 Å². The molecule has 0 bridgehead atoms. The van der Waals surface area contributed by atoms with Crippen LogP contribution < -0.4 is 15.4 Å². The maximum Gasteiger partial charge on any atom is 0.248 e. The number of rotatable bonds is 4. The number of aromatic nitrogens is 2. The Bertz CT molecular complexity index is 1320. The summed E-state index contributed by atoms with van der Waals surface area (Å²) in [6, 6.07) is 17.0. The molecule has 2 aliphatic rings. The Morgan fingerprint density at radius 3 is 2.75 bits per heavy atom. The number of hydrogen-bond acceptors (Lipinski definition) is 5. The van der Waals surface area contributed by atoms with E-state index < -0.39 is 5.41 Å². The van der Waals surface area contributed by atoms with Gasteiger partial charge in [0.2, 0.25) is 17.7 Å². The number of aromatic amines is 1. The maximum absolute atomic E-state index is 14.3. The summed E-state index contributed by atoms with van der Waals surface area (Å²) >= 11 is 6.41. The second-order valence-corrected chi connectivity index (χ2v) is 8.24. The minimum absolute atomic E-state index is 0.0721. The summed E-state index contributed by atoms with van der Waals surface area (Å²) in [5, 5.41) is 18.0. The predicted molar refractivity (Wildman–Crippen MR) is 120 cm³/mol. The molecule has 0 saturated carbocycles. The third-order valence-electron chi connectivity index (χ3n) is 6.07. The van der Waals surface area contributed by atoms with Gasteiger partial charge in [0, 0.05) is 22.0 Å². The molecule has 5 rings (SSSR count). The number of nitriles is 1. The smallest absolute Gasteiger partial charge is 0.248 e. The number of hydrogen-bond donors (Lipinski definition) is 2. The van der Waals surface area contributed by atoms with Gasteiger partial charge in [-0.3, -0.25) is 9.89 Å². The molecular formula is C24H20ClN5O2. The SMILES string of the molecule is CCCc1[nH]nc2c1[C@]1(C(=O)N(Cc3ccccc3Cl)c3ccccc31)C(C#N)=C(N)O2. The van der Waals surface area contributed by atoms with Crippen LogP contribution in [-0.2, 0) is 23.2 Å². The quantitative estimate of drug-likeness (QED) is 0.632. The summed E-state index contributed by atoms with van der Waals surface area (Å²) in [5.41, 5.74) is 8.32.